The second kappa shape index (κ2) is 8.01. The molecule has 1 saturated carbocycles. The third-order valence-corrected chi connectivity index (χ3v) is 5.49. The number of nitrogens with zero attached hydrogens (tertiary/aromatic N) is 3. The van der Waals surface area contributed by atoms with Crippen molar-refractivity contribution >= 4 is 28.9 Å². The number of hydrogen-bond donors (Lipinski definition) is 4. The van der Waals surface area contributed by atoms with Crippen molar-refractivity contribution in [2.45, 2.75) is 25.1 Å². The number of rotatable bonds is 6. The first-order chi connectivity index (χ1) is 15.5. The minimum absolute atomic E-state index is 0.149. The molecule has 32 heavy (non-hydrogen) atoms. The largest absolute Gasteiger partial charge is 0.374 e. The number of nitrogens with one attached hydrogen (secondary N) is 3. The van der Waals surface area contributed by atoms with Crippen LogP contribution in [-0.2, 0) is 0 Å². The Morgan fingerprint density at radius 2 is 2.00 bits per heavy atom. The first-order valence-electron chi connectivity index (χ1n) is 10.4. The highest BCUT2D eigenvalue weighted by Crippen LogP contribution is 2.27. The molecule has 164 valence electrons. The number of halogens is 1. The van der Waals surface area contributed by atoms with Gasteiger partial charge in [0.05, 0.1) is 11.3 Å². The van der Waals surface area contributed by atoms with E-state index in [-0.39, 0.29) is 17.8 Å². The van der Waals surface area contributed by atoms with Gasteiger partial charge < -0.3 is 26.0 Å². The number of hydrogen-bond acceptors (Lipinski definition) is 6. The van der Waals surface area contributed by atoms with Gasteiger partial charge in [-0.15, -0.1) is 0 Å². The van der Waals surface area contributed by atoms with Gasteiger partial charge in [0.1, 0.15) is 17.5 Å². The van der Waals surface area contributed by atoms with Crippen LogP contribution in [0.2, 0.25) is 0 Å². The highest BCUT2D eigenvalue weighted by molar-refractivity contribution is 6.01. The zero-order valence-electron chi connectivity index (χ0n) is 17.4. The van der Waals surface area contributed by atoms with Crippen LogP contribution in [0.3, 0.4) is 0 Å². The van der Waals surface area contributed by atoms with Gasteiger partial charge in [0.2, 0.25) is 0 Å². The molecule has 1 unspecified atom stereocenters. The number of amides is 1. The smallest absolute Gasteiger partial charge is 0.255 e. The van der Waals surface area contributed by atoms with Gasteiger partial charge in [0.25, 0.3) is 5.91 Å². The van der Waals surface area contributed by atoms with Gasteiger partial charge in [-0.3, -0.25) is 9.20 Å². The van der Waals surface area contributed by atoms with Crippen molar-refractivity contribution in [2.24, 2.45) is 0 Å². The summed E-state index contributed by atoms with van der Waals surface area (Å²) >= 11 is 0. The summed E-state index contributed by atoms with van der Waals surface area (Å²) in [6.07, 6.45) is 8.02. The number of fused-ring (bicyclic) bond motifs is 1. The molecule has 1 aliphatic heterocycles. The lowest BCUT2D eigenvalue weighted by Gasteiger charge is -2.31. The fourth-order valence-corrected chi connectivity index (χ4v) is 3.65. The molecule has 2 aromatic heterocycles. The molecule has 3 heterocycles. The summed E-state index contributed by atoms with van der Waals surface area (Å²) in [5.74, 6) is 0.716. The van der Waals surface area contributed by atoms with Gasteiger partial charge in [-0.2, -0.15) is 0 Å². The minimum Gasteiger partial charge on any atom is -0.374 e. The van der Waals surface area contributed by atoms with Gasteiger partial charge >= 0.3 is 0 Å². The Morgan fingerprint density at radius 3 is 2.72 bits per heavy atom. The Bertz CT molecular complexity index is 1230. The van der Waals surface area contributed by atoms with E-state index in [1.165, 1.54) is 12.1 Å². The van der Waals surface area contributed by atoms with Crippen LogP contribution in [0.25, 0.3) is 5.65 Å². The summed E-state index contributed by atoms with van der Waals surface area (Å²) in [5.41, 5.74) is 2.14. The third kappa shape index (κ3) is 3.78. The Morgan fingerprint density at radius 1 is 1.22 bits per heavy atom. The van der Waals surface area contributed by atoms with Crippen molar-refractivity contribution in [3.05, 3.63) is 78.0 Å². The monoisotopic (exact) mass is 434 g/mol. The average molecular weight is 434 g/mol. The third-order valence-electron chi connectivity index (χ3n) is 5.49. The fraction of sp³-hybridized carbons (Fsp3) is 0.217. The first-order valence-corrected chi connectivity index (χ1v) is 10.4. The SMILES string of the molecule is CNc1cc(NC2=CC=CN(c3ccc(F)cc3)C2O)nc2c(C(=O)NC3CC3)ccn12. The summed E-state index contributed by atoms with van der Waals surface area (Å²) in [7, 11) is 1.79. The van der Waals surface area contributed by atoms with Crippen LogP contribution in [0.15, 0.2) is 66.6 Å². The maximum Gasteiger partial charge on any atom is 0.255 e. The first kappa shape index (κ1) is 20.1. The van der Waals surface area contributed by atoms with E-state index in [0.29, 0.717) is 28.4 Å². The number of aliphatic hydroxyl groups excluding tert-OH is 1. The van der Waals surface area contributed by atoms with Gasteiger partial charge in [-0.05, 0) is 55.3 Å². The Hall–Kier alpha value is -3.85. The lowest BCUT2D eigenvalue weighted by Crippen LogP contribution is -2.36. The molecule has 3 aromatic rings. The van der Waals surface area contributed by atoms with Gasteiger partial charge in [0.15, 0.2) is 11.9 Å². The summed E-state index contributed by atoms with van der Waals surface area (Å²) in [6, 6.07) is 9.67. The number of aromatic nitrogens is 2. The van der Waals surface area contributed by atoms with E-state index in [1.54, 1.807) is 60.8 Å². The van der Waals surface area contributed by atoms with Crippen molar-refractivity contribution < 1.29 is 14.3 Å². The van der Waals surface area contributed by atoms with Crippen molar-refractivity contribution in [1.82, 2.24) is 14.7 Å². The highest BCUT2D eigenvalue weighted by atomic mass is 19.1. The van der Waals surface area contributed by atoms with Crippen molar-refractivity contribution in [1.29, 1.82) is 0 Å². The summed E-state index contributed by atoms with van der Waals surface area (Å²) in [4.78, 5) is 18.9. The topological polar surface area (TPSA) is 93.9 Å². The Balaban J connectivity index is 1.44. The van der Waals surface area contributed by atoms with E-state index in [0.717, 1.165) is 18.7 Å². The number of carbonyl (C=O) groups excluding carboxylic acids is 1. The number of carbonyl (C=O) groups is 1. The fourth-order valence-electron chi connectivity index (χ4n) is 3.65. The van der Waals surface area contributed by atoms with Crippen LogP contribution in [0, 0.1) is 5.82 Å². The molecular formula is C23H23FN6O2. The molecule has 4 N–H and O–H groups in total. The van der Waals surface area contributed by atoms with E-state index in [9.17, 15) is 14.3 Å². The molecule has 1 amide bonds. The van der Waals surface area contributed by atoms with E-state index >= 15 is 0 Å². The van der Waals surface area contributed by atoms with Crippen LogP contribution < -0.4 is 20.9 Å². The maximum absolute atomic E-state index is 13.3. The van der Waals surface area contributed by atoms with Crippen LogP contribution in [0.4, 0.5) is 21.7 Å². The minimum atomic E-state index is -1.02. The molecular weight excluding hydrogens is 411 g/mol. The van der Waals surface area contributed by atoms with Crippen LogP contribution in [0.1, 0.15) is 23.2 Å². The van der Waals surface area contributed by atoms with E-state index < -0.39 is 6.23 Å². The van der Waals surface area contributed by atoms with Gasteiger partial charge in [0, 0.05) is 37.2 Å². The van der Waals surface area contributed by atoms with Crippen molar-refractivity contribution in [2.75, 3.05) is 22.6 Å². The Labute approximate surface area is 184 Å². The molecule has 1 aromatic carbocycles. The second-order valence-electron chi connectivity index (χ2n) is 7.79. The molecule has 8 nitrogen and oxygen atoms in total. The summed E-state index contributed by atoms with van der Waals surface area (Å²) < 4.78 is 15.1. The molecule has 1 fully saturated rings. The van der Waals surface area contributed by atoms with E-state index in [4.69, 9.17) is 0 Å². The van der Waals surface area contributed by atoms with Gasteiger partial charge in [-0.1, -0.05) is 0 Å². The number of allylic oxidation sites excluding steroid dienone is 2. The van der Waals surface area contributed by atoms with Crippen LogP contribution >= 0.6 is 0 Å². The predicted octanol–water partition coefficient (Wildman–Crippen LogP) is 3.06. The maximum atomic E-state index is 13.3. The predicted molar refractivity (Wildman–Crippen MR) is 121 cm³/mol. The summed E-state index contributed by atoms with van der Waals surface area (Å²) in [6.45, 7) is 0. The summed E-state index contributed by atoms with van der Waals surface area (Å²) in [5, 5.41) is 20.2. The number of aliphatic hydroxyl groups is 1. The second-order valence-corrected chi connectivity index (χ2v) is 7.79. The molecule has 1 aliphatic carbocycles. The molecule has 0 bridgehead atoms. The zero-order valence-corrected chi connectivity index (χ0v) is 17.4. The van der Waals surface area contributed by atoms with Crippen LogP contribution in [0.5, 0.6) is 0 Å². The normalized spacial score (nSPS) is 17.9. The Kier molecular flexibility index (Phi) is 5.02. The lowest BCUT2D eigenvalue weighted by molar-refractivity contribution is 0.0952. The van der Waals surface area contributed by atoms with Crippen molar-refractivity contribution in [3.63, 3.8) is 0 Å². The molecule has 9 heteroatoms. The molecule has 0 spiro atoms. The molecule has 0 radical (unpaired) electrons. The molecule has 0 saturated heterocycles. The lowest BCUT2D eigenvalue weighted by atomic mass is 10.2. The molecule has 5 rings (SSSR count). The number of anilines is 3. The quantitative estimate of drug-likeness (QED) is 0.477. The van der Waals surface area contributed by atoms with Crippen LogP contribution in [-0.4, -0.2) is 39.7 Å². The molecule has 1 atom stereocenters. The standard InChI is InChI=1S/C23H23FN6O2/c1-25-20-13-19(28-21-17(10-12-30(20)21)22(31)26-15-6-7-15)27-18-3-2-11-29(23(18)32)16-8-4-14(24)5-9-16/h2-5,8-13,15,23,25,32H,6-7H2,1H3,(H,26,31)(H,27,28). The number of benzene rings is 1. The zero-order chi connectivity index (χ0) is 22.2. The average Bonchev–Trinajstić information content (AvgIpc) is 3.50. The molecule has 2 aliphatic rings. The van der Waals surface area contributed by atoms with Crippen molar-refractivity contribution in [3.8, 4) is 0 Å². The van der Waals surface area contributed by atoms with Gasteiger partial charge in [-0.25, -0.2) is 9.37 Å². The highest BCUT2D eigenvalue weighted by Gasteiger charge is 2.26. The van der Waals surface area contributed by atoms with E-state index in [2.05, 4.69) is 20.9 Å². The van der Waals surface area contributed by atoms with E-state index in [1.807, 2.05) is 4.40 Å².